The average Bonchev–Trinajstić information content (AvgIpc) is 3.14. The zero-order chi connectivity index (χ0) is 39.1. The Bertz CT molecular complexity index is 1150. The van der Waals surface area contributed by atoms with Gasteiger partial charge in [0, 0.05) is 12.8 Å². The fourth-order valence-corrected chi connectivity index (χ4v) is 5.32. The van der Waals surface area contributed by atoms with Gasteiger partial charge in [-0.15, -0.1) is 0 Å². The van der Waals surface area contributed by atoms with Gasteiger partial charge in [0.25, 0.3) is 0 Å². The van der Waals surface area contributed by atoms with Crippen LogP contribution in [0.4, 0.5) is 0 Å². The van der Waals surface area contributed by atoms with Crippen LogP contribution in [0.3, 0.4) is 0 Å². The van der Waals surface area contributed by atoms with E-state index in [4.69, 9.17) is 19.1 Å². The summed E-state index contributed by atoms with van der Waals surface area (Å²) in [5.74, 6) is -1.05. The Morgan fingerprint density at radius 3 is 1.64 bits per heavy atom. The second-order valence-electron chi connectivity index (χ2n) is 12.6. The molecule has 0 saturated carbocycles. The van der Waals surface area contributed by atoms with Crippen molar-refractivity contribution in [3.63, 3.8) is 0 Å². The number of hydrogen-bond acceptors (Lipinski definition) is 9. The monoisotopic (exact) mass is 764 g/mol. The molecule has 10 nitrogen and oxygen atoms in total. The maximum atomic E-state index is 12.5. The van der Waals surface area contributed by atoms with E-state index in [2.05, 4.69) is 91.3 Å². The molecule has 0 aliphatic heterocycles. The lowest BCUT2D eigenvalue weighted by atomic mass is 10.1. The number of hydrogen-bond donors (Lipinski definition) is 3. The maximum Gasteiger partial charge on any atom is 0.472 e. The molecule has 3 N–H and O–H groups in total. The van der Waals surface area contributed by atoms with Crippen molar-refractivity contribution in [3.05, 3.63) is 85.1 Å². The summed E-state index contributed by atoms with van der Waals surface area (Å²) >= 11 is 0. The van der Waals surface area contributed by atoms with E-state index in [0.717, 1.165) is 77.0 Å². The third-order valence-electron chi connectivity index (χ3n) is 7.55. The number of rotatable bonds is 35. The Balaban J connectivity index is 4.52. The molecule has 0 amide bonds. The topological polar surface area (TPSA) is 149 Å². The number of aliphatic hydroxyl groups is 2. The van der Waals surface area contributed by atoms with Crippen molar-refractivity contribution in [2.45, 2.75) is 142 Å². The summed E-state index contributed by atoms with van der Waals surface area (Å²) < 4.78 is 32.5. The molecule has 0 bridgehead atoms. The zero-order valence-corrected chi connectivity index (χ0v) is 33.3. The van der Waals surface area contributed by atoms with E-state index in [9.17, 15) is 24.2 Å². The van der Waals surface area contributed by atoms with Crippen LogP contribution in [-0.4, -0.2) is 65.7 Å². The Kier molecular flexibility index (Phi) is 35.5. The quantitative estimate of drug-likeness (QED) is 0.0246. The molecule has 0 aromatic carbocycles. The van der Waals surface area contributed by atoms with Crippen LogP contribution < -0.4 is 0 Å². The first-order chi connectivity index (χ1) is 25.7. The third-order valence-corrected chi connectivity index (χ3v) is 8.50. The number of carbonyl (C=O) groups excluding carboxylic acids is 2. The van der Waals surface area contributed by atoms with Gasteiger partial charge < -0.3 is 24.6 Å². The van der Waals surface area contributed by atoms with Gasteiger partial charge in [-0.25, -0.2) is 4.57 Å². The summed E-state index contributed by atoms with van der Waals surface area (Å²) in [5, 5.41) is 18.3. The minimum absolute atomic E-state index is 0.0527. The highest BCUT2D eigenvalue weighted by molar-refractivity contribution is 7.47. The van der Waals surface area contributed by atoms with E-state index >= 15 is 0 Å². The Labute approximate surface area is 320 Å². The van der Waals surface area contributed by atoms with Gasteiger partial charge in [-0.1, -0.05) is 131 Å². The maximum absolute atomic E-state index is 12.5. The molecule has 0 saturated heterocycles. The number of phosphoric acid groups is 1. The van der Waals surface area contributed by atoms with Crippen LogP contribution in [-0.2, 0) is 32.7 Å². The van der Waals surface area contributed by atoms with Crippen molar-refractivity contribution in [3.8, 4) is 0 Å². The molecular formula is C42H69O10P. The smallest absolute Gasteiger partial charge is 0.462 e. The molecule has 0 aliphatic carbocycles. The summed E-state index contributed by atoms with van der Waals surface area (Å²) in [6.07, 6.45) is 42.9. The lowest BCUT2D eigenvalue weighted by Crippen LogP contribution is -2.29. The summed E-state index contributed by atoms with van der Waals surface area (Å²) in [6.45, 7) is 2.09. The van der Waals surface area contributed by atoms with Crippen LogP contribution >= 0.6 is 7.82 Å². The van der Waals surface area contributed by atoms with Crippen LogP contribution in [0.25, 0.3) is 0 Å². The number of ether oxygens (including phenoxy) is 2. The number of esters is 2. The predicted molar refractivity (Wildman–Crippen MR) is 214 cm³/mol. The SMILES string of the molecule is CC/C=C/C/C=C/C/C=C/C/C=C/C/C=C/C/C=C/CCC(=O)O[C@H](COC(=O)CCCCCCC/C=C/CCCC)COP(=O)(O)OC[C@@H](O)CO. The van der Waals surface area contributed by atoms with Gasteiger partial charge in [0.05, 0.1) is 19.8 Å². The standard InChI is InChI=1S/C42H69O10P/c1-3-5-7-9-11-13-15-16-17-18-19-20-21-22-24-26-28-30-32-34-42(46)52-40(38-51-53(47,48)50-36-39(44)35-43)37-49-41(45)33-31-29-27-25-23-14-12-10-8-6-4-2/h5,7,10-13,16-17,19-20,22,24,28,30,39-40,43-44H,3-4,6,8-9,14-15,18,21,23,25-27,29,31-38H2,1-2H3,(H,47,48)/b7-5+,12-10+,13-11+,17-16+,20-19+,24-22+,30-28+/t39-,40+/m0/s1. The number of carbonyl (C=O) groups is 2. The minimum Gasteiger partial charge on any atom is -0.462 e. The summed E-state index contributed by atoms with van der Waals surface area (Å²) in [5.41, 5.74) is 0. The number of phosphoric ester groups is 1. The summed E-state index contributed by atoms with van der Waals surface area (Å²) in [6, 6.07) is 0. The van der Waals surface area contributed by atoms with Crippen LogP contribution in [0.5, 0.6) is 0 Å². The van der Waals surface area contributed by atoms with Gasteiger partial charge in [-0.2, -0.15) is 0 Å². The second-order valence-corrected chi connectivity index (χ2v) is 14.0. The van der Waals surface area contributed by atoms with Crippen molar-refractivity contribution in [2.24, 2.45) is 0 Å². The summed E-state index contributed by atoms with van der Waals surface area (Å²) in [4.78, 5) is 34.8. The molecule has 0 radical (unpaired) electrons. The van der Waals surface area contributed by atoms with Crippen molar-refractivity contribution < 1.29 is 47.8 Å². The van der Waals surface area contributed by atoms with Gasteiger partial charge in [0.1, 0.15) is 12.7 Å². The Hall–Kier alpha value is -2.85. The minimum atomic E-state index is -4.64. The van der Waals surface area contributed by atoms with Crippen molar-refractivity contribution >= 4 is 19.8 Å². The van der Waals surface area contributed by atoms with E-state index < -0.39 is 51.8 Å². The Morgan fingerprint density at radius 1 is 0.585 bits per heavy atom. The molecule has 0 spiro atoms. The van der Waals surface area contributed by atoms with Crippen molar-refractivity contribution in [2.75, 3.05) is 26.4 Å². The molecule has 302 valence electrons. The normalized spacial score (nSPS) is 14.9. The van der Waals surface area contributed by atoms with Crippen LogP contribution in [0.2, 0.25) is 0 Å². The molecule has 0 aromatic rings. The van der Waals surface area contributed by atoms with Crippen molar-refractivity contribution in [1.82, 2.24) is 0 Å². The molecule has 3 atom stereocenters. The third kappa shape index (κ3) is 37.3. The molecule has 0 heterocycles. The van der Waals surface area contributed by atoms with Crippen molar-refractivity contribution in [1.29, 1.82) is 0 Å². The number of unbranched alkanes of at least 4 members (excludes halogenated alkanes) is 7. The van der Waals surface area contributed by atoms with E-state index in [0.29, 0.717) is 12.8 Å². The summed E-state index contributed by atoms with van der Waals surface area (Å²) in [7, 11) is -4.64. The highest BCUT2D eigenvalue weighted by Gasteiger charge is 2.27. The molecule has 0 rings (SSSR count). The number of aliphatic hydroxyl groups excluding tert-OH is 2. The lowest BCUT2D eigenvalue weighted by Gasteiger charge is -2.20. The van der Waals surface area contributed by atoms with Crippen LogP contribution in [0.15, 0.2) is 85.1 Å². The fraction of sp³-hybridized carbons (Fsp3) is 0.619. The lowest BCUT2D eigenvalue weighted by molar-refractivity contribution is -0.161. The first-order valence-corrected chi connectivity index (χ1v) is 21.0. The molecule has 0 fully saturated rings. The predicted octanol–water partition coefficient (Wildman–Crippen LogP) is 9.88. The van der Waals surface area contributed by atoms with Gasteiger partial charge in [-0.05, 0) is 70.6 Å². The average molecular weight is 765 g/mol. The molecule has 0 aromatic heterocycles. The van der Waals surface area contributed by atoms with Gasteiger partial charge in [0.2, 0.25) is 0 Å². The molecule has 53 heavy (non-hydrogen) atoms. The van der Waals surface area contributed by atoms with E-state index in [-0.39, 0.29) is 19.4 Å². The fourth-order valence-electron chi connectivity index (χ4n) is 4.53. The van der Waals surface area contributed by atoms with E-state index in [1.165, 1.54) is 12.8 Å². The van der Waals surface area contributed by atoms with E-state index in [1.807, 2.05) is 12.2 Å². The highest BCUT2D eigenvalue weighted by Crippen LogP contribution is 2.43. The zero-order valence-electron chi connectivity index (χ0n) is 32.4. The van der Waals surface area contributed by atoms with Crippen LogP contribution in [0.1, 0.15) is 129 Å². The molecule has 0 aliphatic rings. The van der Waals surface area contributed by atoms with E-state index in [1.54, 1.807) is 0 Å². The first-order valence-electron chi connectivity index (χ1n) is 19.5. The van der Waals surface area contributed by atoms with Gasteiger partial charge in [0.15, 0.2) is 6.10 Å². The second kappa shape index (κ2) is 37.5. The number of allylic oxidation sites excluding steroid dienone is 14. The first kappa shape index (κ1) is 50.1. The largest absolute Gasteiger partial charge is 0.472 e. The molecule has 1 unspecified atom stereocenters. The van der Waals surface area contributed by atoms with Crippen LogP contribution in [0, 0.1) is 0 Å². The molecule has 11 heteroatoms. The Morgan fingerprint density at radius 2 is 1.08 bits per heavy atom. The van der Waals surface area contributed by atoms with Gasteiger partial charge >= 0.3 is 19.8 Å². The van der Waals surface area contributed by atoms with Gasteiger partial charge in [-0.3, -0.25) is 18.6 Å². The molecular weight excluding hydrogens is 695 g/mol. The highest BCUT2D eigenvalue weighted by atomic mass is 31.2.